The summed E-state index contributed by atoms with van der Waals surface area (Å²) in [5.74, 6) is 0. The molecule has 678 valence electrons. The fourth-order valence-corrected chi connectivity index (χ4v) is 19.8. The average Bonchev–Trinajstić information content (AvgIpc) is 1.57. The molecule has 14 heteroatoms. The van der Waals surface area contributed by atoms with E-state index in [9.17, 15) is 10.0 Å². The normalized spacial score (nSPS) is 12.3. The molecule has 0 radical (unpaired) electrons. The van der Waals surface area contributed by atoms with Crippen molar-refractivity contribution in [1.29, 1.82) is 0 Å². The fraction of sp³-hybridized carbons (Fsp3) is 0.0476. The monoisotopic (exact) mass is 1940 g/mol. The van der Waals surface area contributed by atoms with Crippen LogP contribution in [0.2, 0.25) is 0 Å². The third kappa shape index (κ3) is 20.0. The van der Waals surface area contributed by atoms with Gasteiger partial charge >= 0.3 is 14.2 Å². The lowest BCUT2D eigenvalue weighted by Gasteiger charge is -2.32. The molecule has 0 aliphatic carbocycles. The van der Waals surface area contributed by atoms with Crippen LogP contribution in [0.15, 0.2) is 531 Å². The van der Waals surface area contributed by atoms with Gasteiger partial charge in [-0.2, -0.15) is 0 Å². The van der Waals surface area contributed by atoms with Crippen molar-refractivity contribution in [2.45, 2.75) is 38.9 Å². The van der Waals surface area contributed by atoms with Crippen LogP contribution in [0.4, 0.5) is 68.2 Å². The number of hydrogen-bond acceptors (Lipinski definition) is 8. The molecule has 1 aliphatic heterocycles. The summed E-state index contributed by atoms with van der Waals surface area (Å²) in [5, 5.41) is 23.4. The highest BCUT2D eigenvalue weighted by Crippen LogP contribution is 2.48. The first-order valence-corrected chi connectivity index (χ1v) is 48.7. The lowest BCUT2D eigenvalue weighted by Crippen LogP contribution is -2.41. The summed E-state index contributed by atoms with van der Waals surface area (Å²) in [5.41, 5.74) is 29.4. The van der Waals surface area contributed by atoms with E-state index in [1.165, 1.54) is 44.1 Å². The molecule has 3 heterocycles. The standard InChI is InChI=1S/C60H43N3.C36H35BN2O2.C18H14BNO2.C12H8Br2/c1-7-21-44(22-8-1)46-37-47(45-35-36-60-58(42-45)57-33-19-20-34-59(57)63(60)54-31-17-6-18-32-54)39-48(38-46)49-40-55(61(50-23-9-2-10-24-50)51-25-11-3-12-26-51)43-56(41-49)62(52-27-13-4-14-28-52)53-29-15-5-16-30-53;1-35(2)36(3,4)41-37(40-35)28-25-33(38(29-17-9-5-10-18-29)30-19-11-6-12-20-30)27-34(26-28)39(31-21-13-7-14-22-31)32-23-15-8-16-24-32;21-19(22)13-10-11-18-16(12-13)15-8-4-5-9-17(15)20(18)14-6-2-1-3-7-14;13-11-6-10(7-12(14)8-11)9-4-2-1-3-5-9/h1-43H;5-27H,1-4H3;1-12,21-22H;1-8H. The molecular weight excluding hydrogens is 1840 g/mol. The van der Waals surface area contributed by atoms with Gasteiger partial charge in [0.05, 0.1) is 33.3 Å². The predicted molar refractivity (Wildman–Crippen MR) is 596 cm³/mol. The minimum Gasteiger partial charge on any atom is -0.423 e. The van der Waals surface area contributed by atoms with E-state index in [1.807, 2.05) is 91.0 Å². The number of rotatable bonds is 20. The molecule has 1 saturated heterocycles. The van der Waals surface area contributed by atoms with Crippen molar-refractivity contribution in [2.24, 2.45) is 0 Å². The number of anilines is 12. The van der Waals surface area contributed by atoms with Crippen LogP contribution in [0, 0.1) is 0 Å². The van der Waals surface area contributed by atoms with Gasteiger partial charge in [-0.1, -0.05) is 329 Å². The van der Waals surface area contributed by atoms with E-state index in [4.69, 9.17) is 9.31 Å². The first kappa shape index (κ1) is 91.9. The van der Waals surface area contributed by atoms with Gasteiger partial charge in [-0.3, -0.25) is 0 Å². The Labute approximate surface area is 836 Å². The number of aromatic nitrogens is 2. The van der Waals surface area contributed by atoms with Gasteiger partial charge in [0.15, 0.2) is 0 Å². The van der Waals surface area contributed by atoms with Crippen LogP contribution in [0.25, 0.3) is 99.5 Å². The Kier molecular flexibility index (Phi) is 27.3. The van der Waals surface area contributed by atoms with Crippen molar-refractivity contribution in [3.05, 3.63) is 531 Å². The summed E-state index contributed by atoms with van der Waals surface area (Å²) in [6, 6.07) is 183. The summed E-state index contributed by atoms with van der Waals surface area (Å²) >= 11 is 6.96. The van der Waals surface area contributed by atoms with Gasteiger partial charge in [0.25, 0.3) is 0 Å². The molecule has 10 nitrogen and oxygen atoms in total. The van der Waals surface area contributed by atoms with Gasteiger partial charge in [-0.15, -0.1) is 0 Å². The Morgan fingerprint density at radius 2 is 0.479 bits per heavy atom. The molecule has 0 atom stereocenters. The number of hydrogen-bond donors (Lipinski definition) is 2. The minimum atomic E-state index is -1.46. The minimum absolute atomic E-state index is 0.453. The van der Waals surface area contributed by atoms with Gasteiger partial charge < -0.3 is 48.1 Å². The third-order valence-corrected chi connectivity index (χ3v) is 26.8. The van der Waals surface area contributed by atoms with Gasteiger partial charge in [0.2, 0.25) is 0 Å². The van der Waals surface area contributed by atoms with E-state index in [0.717, 1.165) is 138 Å². The second kappa shape index (κ2) is 41.6. The van der Waals surface area contributed by atoms with Crippen molar-refractivity contribution in [1.82, 2.24) is 9.13 Å². The van der Waals surface area contributed by atoms with E-state index < -0.39 is 25.4 Å². The number of benzene rings is 20. The molecule has 20 aromatic carbocycles. The van der Waals surface area contributed by atoms with E-state index in [2.05, 4.69) is 513 Å². The predicted octanol–water partition coefficient (Wildman–Crippen LogP) is 33.0. The molecule has 2 aromatic heterocycles. The van der Waals surface area contributed by atoms with Crippen LogP contribution in [-0.2, 0) is 9.31 Å². The van der Waals surface area contributed by atoms with E-state index in [1.54, 1.807) is 6.07 Å². The zero-order chi connectivity index (χ0) is 95.5. The summed E-state index contributed by atoms with van der Waals surface area (Å²) in [6.45, 7) is 8.38. The number of nitrogens with zero attached hydrogens (tertiary/aromatic N) is 6. The Hall–Kier alpha value is -15.9. The van der Waals surface area contributed by atoms with Gasteiger partial charge in [0, 0.05) is 110 Å². The highest BCUT2D eigenvalue weighted by atomic mass is 79.9. The van der Waals surface area contributed by atoms with Crippen LogP contribution in [0.5, 0.6) is 0 Å². The largest absolute Gasteiger partial charge is 0.494 e. The van der Waals surface area contributed by atoms with Crippen LogP contribution in [0.1, 0.15) is 27.7 Å². The molecule has 0 saturated carbocycles. The van der Waals surface area contributed by atoms with Crippen molar-refractivity contribution in [3.63, 3.8) is 0 Å². The summed E-state index contributed by atoms with van der Waals surface area (Å²) in [7, 11) is -1.97. The van der Waals surface area contributed by atoms with Crippen molar-refractivity contribution >= 4 is 169 Å². The quantitative estimate of drug-likeness (QED) is 0.0731. The molecule has 0 amide bonds. The van der Waals surface area contributed by atoms with E-state index in [0.29, 0.717) is 5.46 Å². The van der Waals surface area contributed by atoms with E-state index >= 15 is 0 Å². The molecule has 1 fully saturated rings. The molecule has 23 rings (SSSR count). The van der Waals surface area contributed by atoms with Crippen LogP contribution >= 0.6 is 31.9 Å². The first-order valence-electron chi connectivity index (χ1n) is 47.1. The van der Waals surface area contributed by atoms with Gasteiger partial charge in [-0.05, 0) is 308 Å². The fourth-order valence-electron chi connectivity index (χ4n) is 18.5. The zero-order valence-corrected chi connectivity index (χ0v) is 81.1. The zero-order valence-electron chi connectivity index (χ0n) is 78.0. The Morgan fingerprint density at radius 1 is 0.221 bits per heavy atom. The number of halogens is 2. The third-order valence-electron chi connectivity index (χ3n) is 25.9. The van der Waals surface area contributed by atoms with Gasteiger partial charge in [-0.25, -0.2) is 0 Å². The maximum absolute atomic E-state index is 9.43. The molecule has 1 aliphatic rings. The van der Waals surface area contributed by atoms with Crippen LogP contribution < -0.4 is 30.5 Å². The Morgan fingerprint density at radius 3 is 0.814 bits per heavy atom. The van der Waals surface area contributed by atoms with Crippen LogP contribution in [-0.4, -0.2) is 44.6 Å². The highest BCUT2D eigenvalue weighted by Gasteiger charge is 2.52. The topological polar surface area (TPSA) is 81.7 Å². The summed E-state index contributed by atoms with van der Waals surface area (Å²) in [4.78, 5) is 9.29. The summed E-state index contributed by atoms with van der Waals surface area (Å²) in [6.07, 6.45) is 0. The molecule has 2 N–H and O–H groups in total. The average molecular weight is 1940 g/mol. The Bertz CT molecular complexity index is 7590. The van der Waals surface area contributed by atoms with Crippen molar-refractivity contribution in [2.75, 3.05) is 19.6 Å². The van der Waals surface area contributed by atoms with Gasteiger partial charge in [0.1, 0.15) is 0 Å². The second-order valence-corrected chi connectivity index (χ2v) is 37.4. The van der Waals surface area contributed by atoms with Crippen LogP contribution in [0.3, 0.4) is 0 Å². The summed E-state index contributed by atoms with van der Waals surface area (Å²) < 4.78 is 19.9. The SMILES string of the molecule is Brc1cc(Br)cc(-c2ccccc2)c1.CC1(C)OB(c2cc(N(c3ccccc3)c3ccccc3)cc(N(c3ccccc3)c3ccccc3)c2)OC1(C)C.OB(O)c1ccc2c(c1)c1ccccc1n2-c1ccccc1.c1ccc(-c2cc(-c3cc(N(c4ccccc4)c4ccccc4)cc(N(c4ccccc4)c4ccccc4)c3)cc(-c3ccc4c(c3)c3ccccc3n4-c3ccccc3)c2)cc1. The molecule has 140 heavy (non-hydrogen) atoms. The Balaban J connectivity index is 0.000000132. The second-order valence-electron chi connectivity index (χ2n) is 35.6. The van der Waals surface area contributed by atoms with E-state index in [-0.39, 0.29) is 0 Å². The lowest BCUT2D eigenvalue weighted by atomic mass is 9.78. The molecule has 0 bridgehead atoms. The maximum Gasteiger partial charge on any atom is 0.494 e. The smallest absolute Gasteiger partial charge is 0.423 e. The van der Waals surface area contributed by atoms with Crippen molar-refractivity contribution in [3.8, 4) is 55.9 Å². The molecule has 0 unspecified atom stereocenters. The first-order chi connectivity index (χ1) is 68.6. The number of fused-ring (bicyclic) bond motifs is 6. The lowest BCUT2D eigenvalue weighted by molar-refractivity contribution is 0.00578. The number of para-hydroxylation sites is 12. The highest BCUT2D eigenvalue weighted by molar-refractivity contribution is 9.11. The molecule has 0 spiro atoms. The van der Waals surface area contributed by atoms with Crippen molar-refractivity contribution < 1.29 is 19.4 Å². The molecular formula is C126H100B2Br2N6O4. The molecule has 22 aromatic rings. The maximum atomic E-state index is 9.43.